The van der Waals surface area contributed by atoms with Crippen molar-refractivity contribution in [2.24, 2.45) is 0 Å². The molecule has 0 amide bonds. The predicted molar refractivity (Wildman–Crippen MR) is 39.3 cm³/mol. The third-order valence-corrected chi connectivity index (χ3v) is 1.66. The van der Waals surface area contributed by atoms with Gasteiger partial charge in [-0.05, 0) is 19.9 Å². The van der Waals surface area contributed by atoms with Gasteiger partial charge in [0.05, 0.1) is 0 Å². The summed E-state index contributed by atoms with van der Waals surface area (Å²) < 4.78 is 8.05. The van der Waals surface area contributed by atoms with Gasteiger partial charge in [0.1, 0.15) is 5.76 Å². The van der Waals surface area contributed by atoms with Crippen LogP contribution in [0.4, 0.5) is 0 Å². The lowest BCUT2D eigenvalue weighted by molar-refractivity contribution is 0.506. The highest BCUT2D eigenvalue weighted by Crippen LogP contribution is 2.16. The quantitative estimate of drug-likeness (QED) is 0.414. The summed E-state index contributed by atoms with van der Waals surface area (Å²) in [5, 5.41) is 0. The van der Waals surface area contributed by atoms with Crippen LogP contribution in [0.3, 0.4) is 0 Å². The number of hydrogen-bond donors (Lipinski definition) is 1. The minimum Gasteiger partial charge on any atom is -0.406 e. The van der Waals surface area contributed by atoms with E-state index in [9.17, 15) is 0 Å². The summed E-state index contributed by atoms with van der Waals surface area (Å²) in [5.74, 6) is 0.913. The fourth-order valence-electron chi connectivity index (χ4n) is 0.533. The first-order valence-electron chi connectivity index (χ1n) is 2.77. The Bertz CT molecular complexity index is 162. The van der Waals surface area contributed by atoms with Crippen LogP contribution in [0.5, 0.6) is 0 Å². The van der Waals surface area contributed by atoms with Gasteiger partial charge in [-0.2, -0.15) is 0 Å². The van der Waals surface area contributed by atoms with Gasteiger partial charge < -0.3 is 8.91 Å². The topological polar surface area (TPSA) is 21.3 Å². The SMILES string of the molecule is CC=C1C=C(C)NSO1. The molecule has 9 heavy (non-hydrogen) atoms. The van der Waals surface area contributed by atoms with Crippen molar-refractivity contribution in [2.45, 2.75) is 13.8 Å². The maximum Gasteiger partial charge on any atom is 0.176 e. The van der Waals surface area contributed by atoms with Gasteiger partial charge in [0.15, 0.2) is 12.2 Å². The Morgan fingerprint density at radius 3 is 3.00 bits per heavy atom. The van der Waals surface area contributed by atoms with E-state index in [2.05, 4.69) is 4.72 Å². The second-order valence-electron chi connectivity index (χ2n) is 1.79. The van der Waals surface area contributed by atoms with Crippen molar-refractivity contribution in [3.8, 4) is 0 Å². The van der Waals surface area contributed by atoms with Crippen LogP contribution in [0.15, 0.2) is 23.6 Å². The smallest absolute Gasteiger partial charge is 0.176 e. The van der Waals surface area contributed by atoms with E-state index >= 15 is 0 Å². The van der Waals surface area contributed by atoms with Gasteiger partial charge in [-0.3, -0.25) is 0 Å². The van der Waals surface area contributed by atoms with Gasteiger partial charge in [0, 0.05) is 11.8 Å². The summed E-state index contributed by atoms with van der Waals surface area (Å²) in [6.45, 7) is 3.95. The number of allylic oxidation sites excluding steroid dienone is 3. The highest BCUT2D eigenvalue weighted by atomic mass is 32.2. The Balaban J connectivity index is 2.68. The first-order valence-corrected chi connectivity index (χ1v) is 3.51. The van der Waals surface area contributed by atoms with E-state index in [1.807, 2.05) is 26.0 Å². The van der Waals surface area contributed by atoms with E-state index in [0.29, 0.717) is 0 Å². The van der Waals surface area contributed by atoms with Gasteiger partial charge in [0.2, 0.25) is 0 Å². The zero-order valence-corrected chi connectivity index (χ0v) is 6.29. The Morgan fingerprint density at radius 1 is 1.78 bits per heavy atom. The first-order chi connectivity index (χ1) is 4.33. The molecule has 0 bridgehead atoms. The van der Waals surface area contributed by atoms with Crippen LogP contribution in [0.1, 0.15) is 13.8 Å². The van der Waals surface area contributed by atoms with Gasteiger partial charge in [0.25, 0.3) is 0 Å². The predicted octanol–water partition coefficient (Wildman–Crippen LogP) is 1.98. The van der Waals surface area contributed by atoms with Crippen molar-refractivity contribution in [1.29, 1.82) is 0 Å². The highest BCUT2D eigenvalue weighted by molar-refractivity contribution is 7.93. The zero-order chi connectivity index (χ0) is 6.69. The Kier molecular flexibility index (Phi) is 2.05. The molecular weight excluding hydrogens is 134 g/mol. The van der Waals surface area contributed by atoms with Crippen molar-refractivity contribution in [3.05, 3.63) is 23.6 Å². The second-order valence-corrected chi connectivity index (χ2v) is 2.32. The normalized spacial score (nSPS) is 22.4. The molecule has 0 saturated carbocycles. The molecule has 1 heterocycles. The van der Waals surface area contributed by atoms with Crippen LogP contribution in [-0.2, 0) is 4.18 Å². The fourth-order valence-corrected chi connectivity index (χ4v) is 1.01. The molecule has 0 spiro atoms. The molecule has 1 aliphatic rings. The molecule has 0 unspecified atom stereocenters. The number of hydrogen-bond acceptors (Lipinski definition) is 3. The number of nitrogens with one attached hydrogen (secondary N) is 1. The van der Waals surface area contributed by atoms with Crippen molar-refractivity contribution in [2.75, 3.05) is 0 Å². The van der Waals surface area contributed by atoms with Crippen molar-refractivity contribution in [1.82, 2.24) is 4.72 Å². The summed E-state index contributed by atoms with van der Waals surface area (Å²) in [5.41, 5.74) is 1.12. The van der Waals surface area contributed by atoms with Crippen molar-refractivity contribution in [3.63, 3.8) is 0 Å². The summed E-state index contributed by atoms with van der Waals surface area (Å²) in [7, 11) is 0. The molecule has 0 aromatic carbocycles. The third-order valence-electron chi connectivity index (χ3n) is 0.984. The molecule has 0 aliphatic carbocycles. The highest BCUT2D eigenvalue weighted by Gasteiger charge is 2.01. The van der Waals surface area contributed by atoms with Crippen molar-refractivity contribution < 1.29 is 4.18 Å². The molecule has 0 aromatic rings. The summed E-state index contributed by atoms with van der Waals surface area (Å²) in [6.07, 6.45) is 3.88. The Hall–Kier alpha value is -0.570. The van der Waals surface area contributed by atoms with E-state index in [1.54, 1.807) is 0 Å². The summed E-state index contributed by atoms with van der Waals surface area (Å²) in [4.78, 5) is 0. The Morgan fingerprint density at radius 2 is 2.56 bits per heavy atom. The van der Waals surface area contributed by atoms with Gasteiger partial charge in [-0.25, -0.2) is 0 Å². The van der Waals surface area contributed by atoms with Gasteiger partial charge in [-0.1, -0.05) is 0 Å². The molecule has 0 fully saturated rings. The molecule has 1 rings (SSSR count). The van der Waals surface area contributed by atoms with Crippen LogP contribution >= 0.6 is 12.2 Å². The maximum absolute atomic E-state index is 5.09. The average Bonchev–Trinajstić information content (AvgIpc) is 1.88. The van der Waals surface area contributed by atoms with Crippen LogP contribution in [0.25, 0.3) is 0 Å². The largest absolute Gasteiger partial charge is 0.406 e. The lowest BCUT2D eigenvalue weighted by atomic mass is 10.4. The molecule has 0 atom stereocenters. The minimum atomic E-state index is 0.913. The first kappa shape index (κ1) is 6.55. The lowest BCUT2D eigenvalue weighted by Gasteiger charge is -2.12. The maximum atomic E-state index is 5.09. The molecule has 50 valence electrons. The summed E-state index contributed by atoms with van der Waals surface area (Å²) >= 11 is 1.25. The molecule has 1 aliphatic heterocycles. The second kappa shape index (κ2) is 2.82. The van der Waals surface area contributed by atoms with E-state index < -0.39 is 0 Å². The lowest BCUT2D eigenvalue weighted by Crippen LogP contribution is -2.06. The van der Waals surface area contributed by atoms with Crippen LogP contribution in [0.2, 0.25) is 0 Å². The average molecular weight is 143 g/mol. The molecule has 2 nitrogen and oxygen atoms in total. The molecule has 0 saturated heterocycles. The van der Waals surface area contributed by atoms with Crippen LogP contribution in [-0.4, -0.2) is 0 Å². The molecule has 0 aromatic heterocycles. The van der Waals surface area contributed by atoms with Gasteiger partial charge >= 0.3 is 0 Å². The van der Waals surface area contributed by atoms with E-state index in [-0.39, 0.29) is 0 Å². The van der Waals surface area contributed by atoms with Crippen molar-refractivity contribution >= 4 is 12.2 Å². The monoisotopic (exact) mass is 143 g/mol. The molecule has 3 heteroatoms. The molecule has 0 radical (unpaired) electrons. The van der Waals surface area contributed by atoms with E-state index in [1.165, 1.54) is 12.2 Å². The number of rotatable bonds is 0. The molecule has 1 N–H and O–H groups in total. The van der Waals surface area contributed by atoms with Gasteiger partial charge in [-0.15, -0.1) is 0 Å². The van der Waals surface area contributed by atoms with Crippen LogP contribution < -0.4 is 4.72 Å². The fraction of sp³-hybridized carbons (Fsp3) is 0.333. The standard InChI is InChI=1S/C6H9NOS/c1-3-6-4-5(2)7-9-8-6/h3-4,7H,1-2H3. The van der Waals surface area contributed by atoms with Crippen LogP contribution in [0, 0.1) is 0 Å². The van der Waals surface area contributed by atoms with E-state index in [0.717, 1.165) is 11.5 Å². The third kappa shape index (κ3) is 1.68. The molecular formula is C6H9NOS. The minimum absolute atomic E-state index is 0.913. The Labute approximate surface area is 59.3 Å². The van der Waals surface area contributed by atoms with E-state index in [4.69, 9.17) is 4.18 Å². The zero-order valence-electron chi connectivity index (χ0n) is 5.47. The summed E-state index contributed by atoms with van der Waals surface area (Å²) in [6, 6.07) is 0.